The van der Waals surface area contributed by atoms with Crippen LogP contribution in [0.3, 0.4) is 0 Å². The maximum Gasteiger partial charge on any atom is 0.119 e. The lowest BCUT2D eigenvalue weighted by Crippen LogP contribution is -2.07. The van der Waals surface area contributed by atoms with Crippen molar-refractivity contribution >= 4 is 11.9 Å². The Morgan fingerprint density at radius 2 is 1.95 bits per heavy atom. The molecule has 3 nitrogen and oxygen atoms in total. The number of ether oxygens (including phenoxy) is 1. The van der Waals surface area contributed by atoms with Gasteiger partial charge in [-0.1, -0.05) is 48.5 Å². The molecule has 0 spiro atoms. The third-order valence-corrected chi connectivity index (χ3v) is 2.83. The van der Waals surface area contributed by atoms with Crippen molar-refractivity contribution < 1.29 is 4.74 Å². The highest BCUT2D eigenvalue weighted by molar-refractivity contribution is 5.95. The Kier molecular flexibility index (Phi) is 4.95. The standard InChI is InChI=1S/C17H18N2O/c1-20-16-9-5-8-14(12-16)10-11-17(18)19-13-15-6-3-2-4-7-15/h2-12H,13H2,1H3,(H2,18,19)/b11-10+. The van der Waals surface area contributed by atoms with E-state index >= 15 is 0 Å². The SMILES string of the molecule is COc1cccc(/C=C/C(N)=NCc2ccccc2)c1. The molecule has 2 aromatic rings. The van der Waals surface area contributed by atoms with Gasteiger partial charge in [0, 0.05) is 0 Å². The van der Waals surface area contributed by atoms with Crippen LogP contribution in [0.25, 0.3) is 6.08 Å². The largest absolute Gasteiger partial charge is 0.497 e. The lowest BCUT2D eigenvalue weighted by molar-refractivity contribution is 0.414. The maximum absolute atomic E-state index is 5.87. The van der Waals surface area contributed by atoms with E-state index in [0.29, 0.717) is 12.4 Å². The van der Waals surface area contributed by atoms with Gasteiger partial charge in [-0.2, -0.15) is 0 Å². The molecule has 2 N–H and O–H groups in total. The summed E-state index contributed by atoms with van der Waals surface area (Å²) in [5.74, 6) is 1.34. The monoisotopic (exact) mass is 266 g/mol. The van der Waals surface area contributed by atoms with Crippen molar-refractivity contribution in [1.82, 2.24) is 0 Å². The van der Waals surface area contributed by atoms with Gasteiger partial charge in [0.05, 0.1) is 13.7 Å². The molecular formula is C17H18N2O. The zero-order valence-electron chi connectivity index (χ0n) is 11.5. The fraction of sp³-hybridized carbons (Fsp3) is 0.118. The normalized spacial score (nSPS) is 11.8. The average molecular weight is 266 g/mol. The highest BCUT2D eigenvalue weighted by Crippen LogP contribution is 2.13. The van der Waals surface area contributed by atoms with Crippen LogP contribution in [0.2, 0.25) is 0 Å². The minimum atomic E-state index is 0.511. The summed E-state index contributed by atoms with van der Waals surface area (Å²) in [6.07, 6.45) is 3.73. The van der Waals surface area contributed by atoms with Crippen molar-refractivity contribution in [3.63, 3.8) is 0 Å². The number of aliphatic imine (C=N–C) groups is 1. The van der Waals surface area contributed by atoms with Gasteiger partial charge in [-0.3, -0.25) is 4.99 Å². The predicted octanol–water partition coefficient (Wildman–Crippen LogP) is 3.27. The Morgan fingerprint density at radius 3 is 2.70 bits per heavy atom. The summed E-state index contributed by atoms with van der Waals surface area (Å²) in [6.45, 7) is 0.592. The van der Waals surface area contributed by atoms with Crippen molar-refractivity contribution in [1.29, 1.82) is 0 Å². The Balaban J connectivity index is 1.99. The molecular weight excluding hydrogens is 248 g/mol. The third kappa shape index (κ3) is 4.28. The molecule has 3 heteroatoms. The van der Waals surface area contributed by atoms with E-state index in [-0.39, 0.29) is 0 Å². The Morgan fingerprint density at radius 1 is 1.15 bits per heavy atom. The smallest absolute Gasteiger partial charge is 0.119 e. The zero-order chi connectivity index (χ0) is 14.2. The van der Waals surface area contributed by atoms with Crippen LogP contribution in [-0.4, -0.2) is 12.9 Å². The first-order valence-electron chi connectivity index (χ1n) is 6.44. The second-order valence-corrected chi connectivity index (χ2v) is 4.34. The molecule has 0 aliphatic rings. The second kappa shape index (κ2) is 7.14. The number of hydrogen-bond donors (Lipinski definition) is 1. The van der Waals surface area contributed by atoms with Crippen molar-refractivity contribution in [2.45, 2.75) is 6.54 Å². The zero-order valence-corrected chi connectivity index (χ0v) is 11.5. The van der Waals surface area contributed by atoms with Gasteiger partial charge in [-0.05, 0) is 29.3 Å². The summed E-state index contributed by atoms with van der Waals surface area (Å²) in [5, 5.41) is 0. The molecule has 2 rings (SSSR count). The summed E-state index contributed by atoms with van der Waals surface area (Å²) in [5.41, 5.74) is 8.05. The van der Waals surface area contributed by atoms with E-state index in [2.05, 4.69) is 4.99 Å². The summed E-state index contributed by atoms with van der Waals surface area (Å²) < 4.78 is 5.17. The van der Waals surface area contributed by atoms with Crippen molar-refractivity contribution in [2.75, 3.05) is 7.11 Å². The van der Waals surface area contributed by atoms with Crippen LogP contribution >= 0.6 is 0 Å². The molecule has 0 aromatic heterocycles. The van der Waals surface area contributed by atoms with E-state index < -0.39 is 0 Å². The number of benzene rings is 2. The van der Waals surface area contributed by atoms with E-state index in [1.54, 1.807) is 13.2 Å². The molecule has 0 fully saturated rings. The van der Waals surface area contributed by atoms with E-state index in [1.807, 2.05) is 60.7 Å². The lowest BCUT2D eigenvalue weighted by Gasteiger charge is -2.00. The summed E-state index contributed by atoms with van der Waals surface area (Å²) >= 11 is 0. The number of rotatable bonds is 5. The summed E-state index contributed by atoms with van der Waals surface area (Å²) in [6, 6.07) is 17.8. The molecule has 20 heavy (non-hydrogen) atoms. The molecule has 0 atom stereocenters. The van der Waals surface area contributed by atoms with E-state index in [0.717, 1.165) is 16.9 Å². The van der Waals surface area contributed by atoms with Crippen molar-refractivity contribution in [3.05, 3.63) is 71.8 Å². The van der Waals surface area contributed by atoms with Crippen LogP contribution in [-0.2, 0) is 6.54 Å². The quantitative estimate of drug-likeness (QED) is 0.667. The van der Waals surface area contributed by atoms with Crippen molar-refractivity contribution in [3.8, 4) is 5.75 Å². The second-order valence-electron chi connectivity index (χ2n) is 4.34. The summed E-state index contributed by atoms with van der Waals surface area (Å²) in [4.78, 5) is 4.33. The fourth-order valence-corrected chi connectivity index (χ4v) is 1.75. The first-order chi connectivity index (χ1) is 9.78. The van der Waals surface area contributed by atoms with Crippen LogP contribution in [0, 0.1) is 0 Å². The molecule has 0 amide bonds. The lowest BCUT2D eigenvalue weighted by atomic mass is 10.2. The number of hydrogen-bond acceptors (Lipinski definition) is 2. The van der Waals surface area contributed by atoms with E-state index in [9.17, 15) is 0 Å². The Bertz CT molecular complexity index is 603. The molecule has 0 radical (unpaired) electrons. The third-order valence-electron chi connectivity index (χ3n) is 2.83. The molecule has 0 unspecified atom stereocenters. The van der Waals surface area contributed by atoms with Crippen LogP contribution in [0.15, 0.2) is 65.7 Å². The van der Waals surface area contributed by atoms with Gasteiger partial charge in [0.1, 0.15) is 11.6 Å². The number of methoxy groups -OCH3 is 1. The van der Waals surface area contributed by atoms with Crippen LogP contribution in [0.1, 0.15) is 11.1 Å². The molecule has 0 aliphatic carbocycles. The van der Waals surface area contributed by atoms with Crippen LogP contribution in [0.4, 0.5) is 0 Å². The first-order valence-corrected chi connectivity index (χ1v) is 6.44. The topological polar surface area (TPSA) is 47.6 Å². The van der Waals surface area contributed by atoms with Gasteiger partial charge in [0.2, 0.25) is 0 Å². The minimum absolute atomic E-state index is 0.511. The molecule has 0 saturated carbocycles. The van der Waals surface area contributed by atoms with Gasteiger partial charge < -0.3 is 10.5 Å². The minimum Gasteiger partial charge on any atom is -0.497 e. The van der Waals surface area contributed by atoms with Crippen molar-refractivity contribution in [2.24, 2.45) is 10.7 Å². The van der Waals surface area contributed by atoms with Gasteiger partial charge in [-0.25, -0.2) is 0 Å². The first kappa shape index (κ1) is 13.9. The highest BCUT2D eigenvalue weighted by Gasteiger charge is 1.93. The van der Waals surface area contributed by atoms with E-state index in [4.69, 9.17) is 10.5 Å². The predicted molar refractivity (Wildman–Crippen MR) is 83.8 cm³/mol. The molecule has 2 aromatic carbocycles. The fourth-order valence-electron chi connectivity index (χ4n) is 1.75. The highest BCUT2D eigenvalue weighted by atomic mass is 16.5. The number of nitrogens with two attached hydrogens (primary N) is 1. The maximum atomic E-state index is 5.87. The molecule has 0 bridgehead atoms. The molecule has 0 aliphatic heterocycles. The number of amidine groups is 1. The van der Waals surface area contributed by atoms with E-state index in [1.165, 1.54) is 0 Å². The van der Waals surface area contributed by atoms with Gasteiger partial charge >= 0.3 is 0 Å². The molecule has 0 saturated heterocycles. The number of nitrogens with zero attached hydrogens (tertiary/aromatic N) is 1. The average Bonchev–Trinajstić information content (AvgIpc) is 2.52. The van der Waals surface area contributed by atoms with Gasteiger partial charge in [0.25, 0.3) is 0 Å². The molecule has 0 heterocycles. The molecule has 102 valence electrons. The van der Waals surface area contributed by atoms with Crippen LogP contribution < -0.4 is 10.5 Å². The van der Waals surface area contributed by atoms with Gasteiger partial charge in [-0.15, -0.1) is 0 Å². The van der Waals surface area contributed by atoms with Gasteiger partial charge in [0.15, 0.2) is 0 Å². The van der Waals surface area contributed by atoms with Crippen LogP contribution in [0.5, 0.6) is 5.75 Å². The Labute approximate surface area is 119 Å². The summed E-state index contributed by atoms with van der Waals surface area (Å²) in [7, 11) is 1.65. The Hall–Kier alpha value is -2.55.